The number of aliphatic hydroxyl groups excluding tert-OH is 1. The Balaban J connectivity index is 1.89. The Kier molecular flexibility index (Phi) is 5.36. The second-order valence-corrected chi connectivity index (χ2v) is 8.29. The van der Waals surface area contributed by atoms with Gasteiger partial charge in [-0.2, -0.15) is 17.0 Å². The van der Waals surface area contributed by atoms with Crippen molar-refractivity contribution in [2.45, 2.75) is 44.6 Å². The first kappa shape index (κ1) is 16.9. The monoisotopic (exact) mass is 338 g/mol. The third-order valence-electron chi connectivity index (χ3n) is 4.92. The molecule has 1 saturated heterocycles. The topological polar surface area (TPSA) is 60.9 Å². The quantitative estimate of drug-likeness (QED) is 0.864. The molecule has 1 heterocycles. The van der Waals surface area contributed by atoms with Crippen molar-refractivity contribution in [3.8, 4) is 0 Å². The van der Waals surface area contributed by atoms with Crippen molar-refractivity contribution in [2.24, 2.45) is 0 Å². The first-order chi connectivity index (χ1) is 11.1. The third kappa shape index (κ3) is 3.45. The number of nitrogens with zero attached hydrogens (tertiary/aromatic N) is 2. The van der Waals surface area contributed by atoms with Crippen molar-refractivity contribution >= 4 is 10.2 Å². The Morgan fingerprint density at radius 2 is 1.91 bits per heavy atom. The standard InChI is InChI=1S/C17H26N2O3S/c20-14-6-13-19(23(21,22)18-11-4-1-5-12-18)17-10-9-15-7-2-3-8-16(15)17/h2-3,7-8,17,20H,1,4-6,9-14H2. The van der Waals surface area contributed by atoms with Crippen LogP contribution in [-0.4, -0.2) is 48.4 Å². The summed E-state index contributed by atoms with van der Waals surface area (Å²) in [4.78, 5) is 0. The van der Waals surface area contributed by atoms with Crippen molar-refractivity contribution in [3.63, 3.8) is 0 Å². The van der Waals surface area contributed by atoms with E-state index in [1.165, 1.54) is 5.56 Å². The van der Waals surface area contributed by atoms with Crippen molar-refractivity contribution in [1.82, 2.24) is 8.61 Å². The fourth-order valence-corrected chi connectivity index (χ4v) is 5.65. The molecule has 5 nitrogen and oxygen atoms in total. The lowest BCUT2D eigenvalue weighted by Crippen LogP contribution is -2.47. The van der Waals surface area contributed by atoms with Gasteiger partial charge in [-0.25, -0.2) is 0 Å². The van der Waals surface area contributed by atoms with Crippen LogP contribution in [0.2, 0.25) is 0 Å². The summed E-state index contributed by atoms with van der Waals surface area (Å²) in [5.41, 5.74) is 2.38. The maximum absolute atomic E-state index is 13.2. The van der Waals surface area contributed by atoms with Gasteiger partial charge in [0.1, 0.15) is 0 Å². The van der Waals surface area contributed by atoms with Gasteiger partial charge in [0, 0.05) is 26.2 Å². The molecule has 1 aromatic carbocycles. The average Bonchev–Trinajstić information content (AvgIpc) is 3.00. The predicted molar refractivity (Wildman–Crippen MR) is 90.3 cm³/mol. The van der Waals surface area contributed by atoms with Crippen LogP contribution in [0.25, 0.3) is 0 Å². The van der Waals surface area contributed by atoms with E-state index >= 15 is 0 Å². The molecule has 1 N–H and O–H groups in total. The molecule has 128 valence electrons. The molecular weight excluding hydrogens is 312 g/mol. The maximum Gasteiger partial charge on any atom is 0.282 e. The molecule has 0 bridgehead atoms. The molecule has 0 radical (unpaired) electrons. The number of hydrogen-bond acceptors (Lipinski definition) is 3. The Hall–Kier alpha value is -0.950. The van der Waals surface area contributed by atoms with E-state index < -0.39 is 10.2 Å². The maximum atomic E-state index is 13.2. The number of aliphatic hydroxyl groups is 1. The smallest absolute Gasteiger partial charge is 0.282 e. The number of fused-ring (bicyclic) bond motifs is 1. The summed E-state index contributed by atoms with van der Waals surface area (Å²) in [6.07, 6.45) is 5.22. The lowest BCUT2D eigenvalue weighted by Gasteiger charge is -2.35. The van der Waals surface area contributed by atoms with Crippen LogP contribution in [0, 0.1) is 0 Å². The summed E-state index contributed by atoms with van der Waals surface area (Å²) in [6, 6.07) is 8.04. The highest BCUT2D eigenvalue weighted by atomic mass is 32.2. The number of benzene rings is 1. The third-order valence-corrected chi connectivity index (χ3v) is 6.97. The lowest BCUT2D eigenvalue weighted by molar-refractivity contribution is 0.232. The van der Waals surface area contributed by atoms with Crippen LogP contribution >= 0.6 is 0 Å². The van der Waals surface area contributed by atoms with Crippen LogP contribution in [0.5, 0.6) is 0 Å². The zero-order chi connectivity index (χ0) is 16.3. The molecule has 1 fully saturated rings. The van der Waals surface area contributed by atoms with Gasteiger partial charge in [0.15, 0.2) is 0 Å². The lowest BCUT2D eigenvalue weighted by atomic mass is 10.1. The second kappa shape index (κ2) is 7.30. The highest BCUT2D eigenvalue weighted by Gasteiger charge is 2.38. The van der Waals surface area contributed by atoms with Crippen molar-refractivity contribution in [1.29, 1.82) is 0 Å². The molecule has 1 unspecified atom stereocenters. The van der Waals surface area contributed by atoms with Crippen LogP contribution in [0.15, 0.2) is 24.3 Å². The fourth-order valence-electron chi connectivity index (χ4n) is 3.74. The molecule has 0 spiro atoms. The molecule has 23 heavy (non-hydrogen) atoms. The number of rotatable bonds is 6. The summed E-state index contributed by atoms with van der Waals surface area (Å²) >= 11 is 0. The van der Waals surface area contributed by atoms with E-state index in [-0.39, 0.29) is 12.6 Å². The van der Waals surface area contributed by atoms with E-state index in [0.717, 1.165) is 37.7 Å². The van der Waals surface area contributed by atoms with Gasteiger partial charge in [-0.3, -0.25) is 0 Å². The molecule has 1 atom stereocenters. The molecule has 0 saturated carbocycles. The molecular formula is C17H26N2O3S. The minimum absolute atomic E-state index is 0.0143. The van der Waals surface area contributed by atoms with Gasteiger partial charge in [0.05, 0.1) is 6.04 Å². The Morgan fingerprint density at radius 1 is 1.17 bits per heavy atom. The van der Waals surface area contributed by atoms with Gasteiger partial charge in [0.2, 0.25) is 0 Å². The Labute approximate surface area is 139 Å². The summed E-state index contributed by atoms with van der Waals surface area (Å²) in [6.45, 7) is 1.63. The number of piperidine rings is 1. The minimum Gasteiger partial charge on any atom is -0.396 e. The molecule has 3 rings (SSSR count). The van der Waals surface area contributed by atoms with E-state index in [2.05, 4.69) is 6.07 Å². The molecule has 0 amide bonds. The summed E-state index contributed by atoms with van der Waals surface area (Å²) < 4.78 is 29.6. The van der Waals surface area contributed by atoms with Gasteiger partial charge in [-0.1, -0.05) is 30.7 Å². The summed E-state index contributed by atoms with van der Waals surface area (Å²) in [7, 11) is -3.47. The normalized spacial score (nSPS) is 22.4. The number of aryl methyl sites for hydroxylation is 1. The Morgan fingerprint density at radius 3 is 2.65 bits per heavy atom. The zero-order valence-corrected chi connectivity index (χ0v) is 14.3. The SMILES string of the molecule is O=S(=O)(N1CCCCC1)N(CCCO)C1CCc2ccccc21. The second-order valence-electron chi connectivity index (χ2n) is 6.41. The highest BCUT2D eigenvalue weighted by Crippen LogP contribution is 2.38. The van der Waals surface area contributed by atoms with Gasteiger partial charge in [0.25, 0.3) is 10.2 Å². The van der Waals surface area contributed by atoms with Crippen LogP contribution in [0.1, 0.15) is 49.3 Å². The van der Waals surface area contributed by atoms with Crippen LogP contribution in [0.3, 0.4) is 0 Å². The molecule has 2 aliphatic rings. The molecule has 6 heteroatoms. The van der Waals surface area contributed by atoms with Crippen molar-refractivity contribution in [2.75, 3.05) is 26.2 Å². The van der Waals surface area contributed by atoms with Gasteiger partial charge in [-0.05, 0) is 43.2 Å². The predicted octanol–water partition coefficient (Wildman–Crippen LogP) is 2.09. The molecule has 1 aromatic rings. The molecule has 1 aliphatic carbocycles. The van der Waals surface area contributed by atoms with E-state index in [1.807, 2.05) is 18.2 Å². The number of hydrogen-bond donors (Lipinski definition) is 1. The minimum atomic E-state index is -3.47. The average molecular weight is 338 g/mol. The van der Waals surface area contributed by atoms with Crippen molar-refractivity contribution in [3.05, 3.63) is 35.4 Å². The summed E-state index contributed by atoms with van der Waals surface area (Å²) in [5, 5.41) is 9.19. The van der Waals surface area contributed by atoms with E-state index in [4.69, 9.17) is 0 Å². The van der Waals surface area contributed by atoms with Gasteiger partial charge >= 0.3 is 0 Å². The van der Waals surface area contributed by atoms with Gasteiger partial charge < -0.3 is 5.11 Å². The highest BCUT2D eigenvalue weighted by molar-refractivity contribution is 7.86. The van der Waals surface area contributed by atoms with Crippen molar-refractivity contribution < 1.29 is 13.5 Å². The fraction of sp³-hybridized carbons (Fsp3) is 0.647. The van der Waals surface area contributed by atoms with E-state index in [9.17, 15) is 13.5 Å². The van der Waals surface area contributed by atoms with Crippen LogP contribution < -0.4 is 0 Å². The first-order valence-electron chi connectivity index (χ1n) is 8.60. The Bertz CT molecular complexity index is 626. The summed E-state index contributed by atoms with van der Waals surface area (Å²) in [5.74, 6) is 0. The largest absolute Gasteiger partial charge is 0.396 e. The van der Waals surface area contributed by atoms with Crippen LogP contribution in [-0.2, 0) is 16.6 Å². The molecule has 0 aromatic heterocycles. The van der Waals surface area contributed by atoms with Crippen LogP contribution in [0.4, 0.5) is 0 Å². The zero-order valence-electron chi connectivity index (χ0n) is 13.5. The first-order valence-corrected chi connectivity index (χ1v) is 10.00. The van der Waals surface area contributed by atoms with E-state index in [0.29, 0.717) is 26.1 Å². The van der Waals surface area contributed by atoms with Gasteiger partial charge in [-0.15, -0.1) is 0 Å². The van der Waals surface area contributed by atoms with E-state index in [1.54, 1.807) is 8.61 Å². The molecule has 1 aliphatic heterocycles.